The van der Waals surface area contributed by atoms with E-state index in [1.54, 1.807) is 0 Å². The molecule has 0 aromatic heterocycles. The summed E-state index contributed by atoms with van der Waals surface area (Å²) in [6.45, 7) is 6.45. The Labute approximate surface area is 438 Å². The molecule has 0 heterocycles. The number of hydrogen-bond donors (Lipinski definition) is 0. The number of carbonyl (C=O) groups is 3. The summed E-state index contributed by atoms with van der Waals surface area (Å²) in [7, 11) is 0. The minimum Gasteiger partial charge on any atom is -0.462 e. The van der Waals surface area contributed by atoms with Crippen LogP contribution in [0, 0.1) is 0 Å². The van der Waals surface area contributed by atoms with Crippen molar-refractivity contribution >= 4 is 17.9 Å². The third kappa shape index (κ3) is 57.1. The average molecular weight is 988 g/mol. The molecule has 0 bridgehead atoms. The third-order valence-electron chi connectivity index (χ3n) is 12.5. The number of esters is 3. The highest BCUT2D eigenvalue weighted by Crippen LogP contribution is 2.15. The van der Waals surface area contributed by atoms with Gasteiger partial charge in [-0.15, -0.1) is 0 Å². The molecule has 0 amide bonds. The van der Waals surface area contributed by atoms with Crippen LogP contribution in [0.4, 0.5) is 0 Å². The van der Waals surface area contributed by atoms with Crippen molar-refractivity contribution in [2.75, 3.05) is 13.2 Å². The lowest BCUT2D eigenvalue weighted by molar-refractivity contribution is -0.167. The molecule has 1 atom stereocenters. The Morgan fingerprint density at radius 3 is 0.915 bits per heavy atom. The van der Waals surface area contributed by atoms with Gasteiger partial charge < -0.3 is 14.2 Å². The molecule has 71 heavy (non-hydrogen) atoms. The van der Waals surface area contributed by atoms with Gasteiger partial charge in [0, 0.05) is 19.3 Å². The highest BCUT2D eigenvalue weighted by Gasteiger charge is 2.19. The first-order valence-corrected chi connectivity index (χ1v) is 29.7. The van der Waals surface area contributed by atoms with E-state index < -0.39 is 6.10 Å². The zero-order valence-electron chi connectivity index (χ0n) is 46.5. The molecule has 0 saturated heterocycles. The van der Waals surface area contributed by atoms with E-state index in [2.05, 4.69) is 118 Å². The zero-order valence-corrected chi connectivity index (χ0v) is 46.5. The standard InChI is InChI=1S/C65H110O6/c1-4-7-10-13-16-19-22-25-27-28-29-30-31-32-33-34-35-36-37-38-39-41-43-46-49-52-55-58-64(67)70-61-62(60-69-63(66)57-54-51-48-45-42-24-21-18-15-12-9-6-3)71-65(68)59-56-53-50-47-44-40-26-23-20-17-14-11-8-5-2/h7,10,14,16-19,21,23,25-27,29-30,32-33,62H,4-6,8-9,11-13,15,20,22,24,28,31,34-61H2,1-3H3/b10-7-,17-14-,19-16-,21-18-,26-23-,27-25-,30-29-,33-32-. The maximum atomic E-state index is 12.8. The predicted octanol–water partition coefficient (Wildman–Crippen LogP) is 20.1. The summed E-state index contributed by atoms with van der Waals surface area (Å²) in [5, 5.41) is 0. The van der Waals surface area contributed by atoms with E-state index in [0.717, 1.165) is 122 Å². The number of unbranched alkanes of at least 4 members (excludes halogenated alkanes) is 26. The minimum atomic E-state index is -0.789. The van der Waals surface area contributed by atoms with E-state index in [9.17, 15) is 14.4 Å². The quantitative estimate of drug-likeness (QED) is 0.0261. The number of carbonyl (C=O) groups excluding carboxylic acids is 3. The van der Waals surface area contributed by atoms with Crippen molar-refractivity contribution in [3.63, 3.8) is 0 Å². The van der Waals surface area contributed by atoms with Gasteiger partial charge in [0.2, 0.25) is 0 Å². The van der Waals surface area contributed by atoms with E-state index in [1.807, 2.05) is 0 Å². The summed E-state index contributed by atoms with van der Waals surface area (Å²) < 4.78 is 16.8. The van der Waals surface area contributed by atoms with E-state index in [1.165, 1.54) is 116 Å². The topological polar surface area (TPSA) is 78.9 Å². The van der Waals surface area contributed by atoms with Gasteiger partial charge in [-0.05, 0) is 116 Å². The number of ether oxygens (including phenoxy) is 3. The summed E-state index contributed by atoms with van der Waals surface area (Å²) in [5.41, 5.74) is 0. The van der Waals surface area contributed by atoms with Crippen LogP contribution in [0.5, 0.6) is 0 Å². The van der Waals surface area contributed by atoms with Crippen LogP contribution < -0.4 is 0 Å². The molecule has 0 aromatic rings. The summed E-state index contributed by atoms with van der Waals surface area (Å²) in [5.74, 6) is -0.909. The highest BCUT2D eigenvalue weighted by molar-refractivity contribution is 5.71. The van der Waals surface area contributed by atoms with Crippen LogP contribution in [-0.4, -0.2) is 37.2 Å². The average Bonchev–Trinajstić information content (AvgIpc) is 3.37. The van der Waals surface area contributed by atoms with Crippen molar-refractivity contribution in [3.05, 3.63) is 97.2 Å². The molecule has 0 spiro atoms. The molecule has 0 saturated carbocycles. The van der Waals surface area contributed by atoms with E-state index in [0.29, 0.717) is 19.3 Å². The van der Waals surface area contributed by atoms with Crippen molar-refractivity contribution in [3.8, 4) is 0 Å². The number of rotatable bonds is 53. The summed E-state index contributed by atoms with van der Waals surface area (Å²) in [6, 6.07) is 0. The molecule has 0 aliphatic heterocycles. The Kier molecular flexibility index (Phi) is 55.9. The molecule has 0 N–H and O–H groups in total. The van der Waals surface area contributed by atoms with E-state index in [4.69, 9.17) is 14.2 Å². The van der Waals surface area contributed by atoms with Gasteiger partial charge in [0.05, 0.1) is 0 Å². The third-order valence-corrected chi connectivity index (χ3v) is 12.5. The normalized spacial score (nSPS) is 12.8. The molecule has 0 fully saturated rings. The number of allylic oxidation sites excluding steroid dienone is 16. The minimum absolute atomic E-state index is 0.0870. The Morgan fingerprint density at radius 2 is 0.563 bits per heavy atom. The van der Waals surface area contributed by atoms with Gasteiger partial charge in [-0.1, -0.05) is 240 Å². The van der Waals surface area contributed by atoms with Gasteiger partial charge in [-0.3, -0.25) is 14.4 Å². The van der Waals surface area contributed by atoms with Gasteiger partial charge in [0.1, 0.15) is 13.2 Å². The fourth-order valence-corrected chi connectivity index (χ4v) is 8.07. The Hall–Kier alpha value is -3.67. The second kappa shape index (κ2) is 58.9. The second-order valence-electron chi connectivity index (χ2n) is 19.5. The van der Waals surface area contributed by atoms with Crippen LogP contribution >= 0.6 is 0 Å². The van der Waals surface area contributed by atoms with Crippen molar-refractivity contribution in [1.82, 2.24) is 0 Å². The maximum Gasteiger partial charge on any atom is 0.306 e. The molecule has 0 aromatic carbocycles. The zero-order chi connectivity index (χ0) is 51.4. The lowest BCUT2D eigenvalue weighted by Crippen LogP contribution is -2.30. The maximum absolute atomic E-state index is 12.8. The van der Waals surface area contributed by atoms with Crippen molar-refractivity contribution < 1.29 is 28.6 Å². The first-order valence-electron chi connectivity index (χ1n) is 29.7. The van der Waals surface area contributed by atoms with Crippen LogP contribution in [0.1, 0.15) is 278 Å². The van der Waals surface area contributed by atoms with Gasteiger partial charge in [-0.25, -0.2) is 0 Å². The van der Waals surface area contributed by atoms with Crippen molar-refractivity contribution in [2.24, 2.45) is 0 Å². The summed E-state index contributed by atoms with van der Waals surface area (Å²) >= 11 is 0. The van der Waals surface area contributed by atoms with Gasteiger partial charge in [0.25, 0.3) is 0 Å². The van der Waals surface area contributed by atoms with Crippen LogP contribution in [0.2, 0.25) is 0 Å². The SMILES string of the molecule is CC/C=C\C/C=C\C/C=C\C/C=C\C/C=C\CCCCCCCCCCCCCC(=O)OCC(COC(=O)CCCCCCC/C=C\CCCCC)OC(=O)CCCCCCC/C=C\C/C=C\CCCC. The molecule has 0 aliphatic rings. The molecular weight excluding hydrogens is 877 g/mol. The molecule has 0 rings (SSSR count). The van der Waals surface area contributed by atoms with Crippen molar-refractivity contribution in [2.45, 2.75) is 284 Å². The highest BCUT2D eigenvalue weighted by atomic mass is 16.6. The largest absolute Gasteiger partial charge is 0.462 e. The van der Waals surface area contributed by atoms with Crippen molar-refractivity contribution in [1.29, 1.82) is 0 Å². The molecular formula is C65H110O6. The Morgan fingerprint density at radius 1 is 0.296 bits per heavy atom. The summed E-state index contributed by atoms with van der Waals surface area (Å²) in [6.07, 6.45) is 78.3. The fourth-order valence-electron chi connectivity index (χ4n) is 8.07. The second-order valence-corrected chi connectivity index (χ2v) is 19.5. The van der Waals surface area contributed by atoms with E-state index in [-0.39, 0.29) is 31.1 Å². The lowest BCUT2D eigenvalue weighted by atomic mass is 10.0. The first-order chi connectivity index (χ1) is 35.0. The molecule has 406 valence electrons. The van der Waals surface area contributed by atoms with Crippen LogP contribution in [0.3, 0.4) is 0 Å². The lowest BCUT2D eigenvalue weighted by Gasteiger charge is -2.18. The molecule has 6 nitrogen and oxygen atoms in total. The predicted molar refractivity (Wildman–Crippen MR) is 307 cm³/mol. The molecule has 6 heteroatoms. The number of hydrogen-bond acceptors (Lipinski definition) is 6. The van der Waals surface area contributed by atoms with Gasteiger partial charge >= 0.3 is 17.9 Å². The monoisotopic (exact) mass is 987 g/mol. The van der Waals surface area contributed by atoms with Gasteiger partial charge in [0.15, 0.2) is 6.10 Å². The van der Waals surface area contributed by atoms with Gasteiger partial charge in [-0.2, -0.15) is 0 Å². The van der Waals surface area contributed by atoms with Crippen LogP contribution in [0.15, 0.2) is 97.2 Å². The summed E-state index contributed by atoms with van der Waals surface area (Å²) in [4.78, 5) is 38.1. The first kappa shape index (κ1) is 67.3. The van der Waals surface area contributed by atoms with E-state index >= 15 is 0 Å². The Balaban J connectivity index is 4.27. The van der Waals surface area contributed by atoms with Crippen LogP contribution in [0.25, 0.3) is 0 Å². The Bertz CT molecular complexity index is 1410. The fraction of sp³-hybridized carbons (Fsp3) is 0.708. The smallest absolute Gasteiger partial charge is 0.306 e. The van der Waals surface area contributed by atoms with Crippen LogP contribution in [-0.2, 0) is 28.6 Å². The molecule has 1 unspecified atom stereocenters. The molecule has 0 aliphatic carbocycles. The molecule has 0 radical (unpaired) electrons.